The molecule has 0 fully saturated rings. The van der Waals surface area contributed by atoms with Gasteiger partial charge in [0.15, 0.2) is 0 Å². The Morgan fingerprint density at radius 1 is 1.12 bits per heavy atom. The minimum atomic E-state index is -0.464. The van der Waals surface area contributed by atoms with Crippen LogP contribution in [-0.4, -0.2) is 15.9 Å². The number of anilines is 1. The first-order chi connectivity index (χ1) is 16.4. The van der Waals surface area contributed by atoms with Gasteiger partial charge in [0.1, 0.15) is 5.75 Å². The molecule has 1 heterocycles. The van der Waals surface area contributed by atoms with Gasteiger partial charge in [-0.3, -0.25) is 14.9 Å². The second-order valence-electron chi connectivity index (χ2n) is 8.85. The minimum absolute atomic E-state index is 0.00293. The summed E-state index contributed by atoms with van der Waals surface area (Å²) < 4.78 is 0. The van der Waals surface area contributed by atoms with Crippen molar-refractivity contribution in [3.05, 3.63) is 111 Å². The first-order valence-corrected chi connectivity index (χ1v) is 11.3. The molecule has 0 saturated heterocycles. The molecular formula is C27H25N3O4. The molecule has 7 nitrogen and oxygen atoms in total. The van der Waals surface area contributed by atoms with Crippen molar-refractivity contribution in [1.82, 2.24) is 5.32 Å². The molecule has 7 heteroatoms. The Morgan fingerprint density at radius 2 is 1.91 bits per heavy atom. The summed E-state index contributed by atoms with van der Waals surface area (Å²) in [6.07, 6.45) is 4.99. The summed E-state index contributed by atoms with van der Waals surface area (Å²) in [5, 5.41) is 28.5. The number of para-hydroxylation sites is 1. The Labute approximate surface area is 197 Å². The molecule has 1 amide bonds. The summed E-state index contributed by atoms with van der Waals surface area (Å²) in [5.74, 6) is -0.0962. The number of allylic oxidation sites excluding steroid dienone is 2. The fourth-order valence-electron chi connectivity index (χ4n) is 5.12. The van der Waals surface area contributed by atoms with Gasteiger partial charge in [0.25, 0.3) is 11.6 Å². The molecule has 0 aromatic heterocycles. The van der Waals surface area contributed by atoms with E-state index in [1.165, 1.54) is 18.2 Å². The number of phenols is 1. The number of aromatic hydroxyl groups is 1. The molecule has 4 atom stereocenters. The van der Waals surface area contributed by atoms with Crippen LogP contribution in [-0.2, 0) is 0 Å². The number of hydrogen-bond acceptors (Lipinski definition) is 5. The van der Waals surface area contributed by atoms with E-state index in [4.69, 9.17) is 0 Å². The zero-order chi connectivity index (χ0) is 23.8. The highest BCUT2D eigenvalue weighted by Crippen LogP contribution is 2.52. The lowest BCUT2D eigenvalue weighted by Crippen LogP contribution is -2.33. The Hall–Kier alpha value is -4.13. The second-order valence-corrected chi connectivity index (χ2v) is 8.85. The molecule has 0 radical (unpaired) electrons. The van der Waals surface area contributed by atoms with E-state index in [1.807, 2.05) is 49.4 Å². The number of rotatable bonds is 5. The van der Waals surface area contributed by atoms with E-state index in [0.717, 1.165) is 17.5 Å². The van der Waals surface area contributed by atoms with Gasteiger partial charge in [0.05, 0.1) is 28.3 Å². The zero-order valence-electron chi connectivity index (χ0n) is 18.6. The largest absolute Gasteiger partial charge is 0.508 e. The van der Waals surface area contributed by atoms with Crippen molar-refractivity contribution in [3.63, 3.8) is 0 Å². The molecule has 3 N–H and O–H groups in total. The van der Waals surface area contributed by atoms with Crippen molar-refractivity contribution in [2.45, 2.75) is 31.3 Å². The summed E-state index contributed by atoms with van der Waals surface area (Å²) in [6, 6.07) is 19.0. The molecule has 1 aliphatic carbocycles. The second kappa shape index (κ2) is 8.67. The van der Waals surface area contributed by atoms with Crippen molar-refractivity contribution in [2.24, 2.45) is 5.92 Å². The lowest BCUT2D eigenvalue weighted by Gasteiger charge is -2.38. The van der Waals surface area contributed by atoms with Crippen LogP contribution in [0.3, 0.4) is 0 Å². The predicted octanol–water partition coefficient (Wildman–Crippen LogP) is 5.62. The molecule has 4 unspecified atom stereocenters. The van der Waals surface area contributed by atoms with Crippen LogP contribution in [0, 0.1) is 16.0 Å². The molecule has 172 valence electrons. The standard InChI is InChI=1S/C27H25N3O4/c1-16(17-7-3-2-4-8-17)28-27(32)22-12-6-11-20-19-9-5-10-21(19)26(29-25(20)22)23-15-18(30(33)34)13-14-24(23)31/h2-9,11-16,19,21,26,29,31H,10H2,1H3,(H,28,32). The number of nitrogens with zero attached hydrogens (tertiary/aromatic N) is 1. The van der Waals surface area contributed by atoms with Crippen molar-refractivity contribution in [3.8, 4) is 5.75 Å². The lowest BCUT2D eigenvalue weighted by atomic mass is 9.76. The maximum absolute atomic E-state index is 13.3. The van der Waals surface area contributed by atoms with Crippen molar-refractivity contribution in [2.75, 3.05) is 5.32 Å². The van der Waals surface area contributed by atoms with E-state index in [9.17, 15) is 20.0 Å². The van der Waals surface area contributed by atoms with Gasteiger partial charge < -0.3 is 15.7 Å². The number of nitro benzene ring substituents is 1. The number of phenolic OH excluding ortho intramolecular Hbond substituents is 1. The first-order valence-electron chi connectivity index (χ1n) is 11.3. The molecule has 0 spiro atoms. The van der Waals surface area contributed by atoms with Gasteiger partial charge in [0, 0.05) is 23.6 Å². The highest BCUT2D eigenvalue weighted by atomic mass is 16.6. The summed E-state index contributed by atoms with van der Waals surface area (Å²) in [7, 11) is 0. The molecule has 0 bridgehead atoms. The topological polar surface area (TPSA) is 104 Å². The zero-order valence-corrected chi connectivity index (χ0v) is 18.6. The van der Waals surface area contributed by atoms with Crippen LogP contribution in [0.2, 0.25) is 0 Å². The number of nitro groups is 1. The van der Waals surface area contributed by atoms with E-state index in [2.05, 4.69) is 22.8 Å². The summed E-state index contributed by atoms with van der Waals surface area (Å²) in [5.41, 5.74) is 3.61. The average Bonchev–Trinajstić information content (AvgIpc) is 3.34. The molecular weight excluding hydrogens is 430 g/mol. The Morgan fingerprint density at radius 3 is 2.68 bits per heavy atom. The fraction of sp³-hybridized carbons (Fsp3) is 0.222. The van der Waals surface area contributed by atoms with Crippen molar-refractivity contribution >= 4 is 17.3 Å². The summed E-state index contributed by atoms with van der Waals surface area (Å²) >= 11 is 0. The third-order valence-corrected chi connectivity index (χ3v) is 6.85. The maximum atomic E-state index is 13.3. The smallest absolute Gasteiger partial charge is 0.270 e. The van der Waals surface area contributed by atoms with Crippen LogP contribution in [0.15, 0.2) is 78.9 Å². The molecule has 5 rings (SSSR count). The van der Waals surface area contributed by atoms with E-state index in [-0.39, 0.29) is 41.3 Å². The first kappa shape index (κ1) is 21.7. The Bertz CT molecular complexity index is 1290. The maximum Gasteiger partial charge on any atom is 0.270 e. The average molecular weight is 456 g/mol. The number of carbonyl (C=O) groups excluding carboxylic acids is 1. The number of non-ortho nitro benzene ring substituents is 1. The molecule has 3 aromatic rings. The van der Waals surface area contributed by atoms with Crippen LogP contribution >= 0.6 is 0 Å². The van der Waals surface area contributed by atoms with Gasteiger partial charge in [-0.1, -0.05) is 54.6 Å². The molecule has 34 heavy (non-hydrogen) atoms. The Kier molecular flexibility index (Phi) is 5.53. The fourth-order valence-corrected chi connectivity index (χ4v) is 5.12. The molecule has 0 saturated carbocycles. The van der Waals surface area contributed by atoms with Gasteiger partial charge >= 0.3 is 0 Å². The number of fused-ring (bicyclic) bond motifs is 3. The summed E-state index contributed by atoms with van der Waals surface area (Å²) in [4.78, 5) is 24.2. The SMILES string of the molecule is CC(NC(=O)c1cccc2c1NC(c1cc([N+](=O)[O-])ccc1O)C1CC=CC21)c1ccccc1. The molecule has 3 aromatic carbocycles. The van der Waals surface area contributed by atoms with Crippen LogP contribution in [0.5, 0.6) is 5.75 Å². The quantitative estimate of drug-likeness (QED) is 0.263. The van der Waals surface area contributed by atoms with E-state index >= 15 is 0 Å². The number of nitrogens with one attached hydrogen (secondary N) is 2. The highest BCUT2D eigenvalue weighted by molar-refractivity contribution is 6.01. The van der Waals surface area contributed by atoms with Crippen LogP contribution in [0.1, 0.15) is 58.4 Å². The van der Waals surface area contributed by atoms with E-state index in [0.29, 0.717) is 16.8 Å². The highest BCUT2D eigenvalue weighted by Gasteiger charge is 2.40. The van der Waals surface area contributed by atoms with Crippen molar-refractivity contribution < 1.29 is 14.8 Å². The third-order valence-electron chi connectivity index (χ3n) is 6.85. The predicted molar refractivity (Wildman–Crippen MR) is 130 cm³/mol. The number of amides is 1. The van der Waals surface area contributed by atoms with Gasteiger partial charge in [-0.2, -0.15) is 0 Å². The van der Waals surface area contributed by atoms with E-state index in [1.54, 1.807) is 6.07 Å². The van der Waals surface area contributed by atoms with Crippen LogP contribution in [0.25, 0.3) is 0 Å². The van der Waals surface area contributed by atoms with Crippen LogP contribution < -0.4 is 10.6 Å². The van der Waals surface area contributed by atoms with Gasteiger partial charge in [0.2, 0.25) is 0 Å². The third kappa shape index (κ3) is 3.79. The van der Waals surface area contributed by atoms with Gasteiger partial charge in [-0.25, -0.2) is 0 Å². The Balaban J connectivity index is 1.52. The molecule has 1 aliphatic heterocycles. The lowest BCUT2D eigenvalue weighted by molar-refractivity contribution is -0.385. The number of hydrogen-bond donors (Lipinski definition) is 3. The van der Waals surface area contributed by atoms with Gasteiger partial charge in [-0.05, 0) is 42.5 Å². The monoisotopic (exact) mass is 455 g/mol. The van der Waals surface area contributed by atoms with Gasteiger partial charge in [-0.15, -0.1) is 0 Å². The number of benzene rings is 3. The number of carbonyl (C=O) groups is 1. The normalized spacial score (nSPS) is 21.1. The molecule has 2 aliphatic rings. The van der Waals surface area contributed by atoms with E-state index < -0.39 is 4.92 Å². The van der Waals surface area contributed by atoms with Crippen LogP contribution in [0.4, 0.5) is 11.4 Å². The summed E-state index contributed by atoms with van der Waals surface area (Å²) in [6.45, 7) is 1.94. The van der Waals surface area contributed by atoms with Crippen molar-refractivity contribution in [1.29, 1.82) is 0 Å². The minimum Gasteiger partial charge on any atom is -0.508 e.